The van der Waals surface area contributed by atoms with Crippen molar-refractivity contribution in [2.75, 3.05) is 7.11 Å². The van der Waals surface area contributed by atoms with Crippen LogP contribution in [0.1, 0.15) is 67.7 Å². The Balaban J connectivity index is 1.85. The van der Waals surface area contributed by atoms with Gasteiger partial charge < -0.3 is 10.1 Å². The van der Waals surface area contributed by atoms with Crippen LogP contribution in [0.5, 0.6) is 0 Å². The molecule has 2 aromatic rings. The Morgan fingerprint density at radius 1 is 1.37 bits per heavy atom. The van der Waals surface area contributed by atoms with Gasteiger partial charge in [-0.3, -0.25) is 9.48 Å². The fourth-order valence-electron chi connectivity index (χ4n) is 3.33. The molecule has 3 rings (SSSR count). The van der Waals surface area contributed by atoms with E-state index in [2.05, 4.69) is 15.4 Å². The number of allylic oxidation sites excluding steroid dienone is 1. The van der Waals surface area contributed by atoms with E-state index < -0.39 is 6.04 Å². The minimum Gasteiger partial charge on any atom is -0.483 e. The van der Waals surface area contributed by atoms with Gasteiger partial charge in [-0.1, -0.05) is 19.1 Å². The summed E-state index contributed by atoms with van der Waals surface area (Å²) in [7, 11) is 3.30. The van der Waals surface area contributed by atoms with Crippen molar-refractivity contribution in [3.8, 4) is 0 Å². The summed E-state index contributed by atoms with van der Waals surface area (Å²) in [5.74, 6) is 0.291. The van der Waals surface area contributed by atoms with Gasteiger partial charge in [0.15, 0.2) is 0 Å². The number of methoxy groups -OCH3 is 1. The van der Waals surface area contributed by atoms with Gasteiger partial charge in [-0.05, 0) is 56.9 Å². The van der Waals surface area contributed by atoms with E-state index in [1.165, 1.54) is 19.2 Å². The number of hydrogen-bond donors (Lipinski definition) is 1. The summed E-state index contributed by atoms with van der Waals surface area (Å²) >= 11 is 0. The van der Waals surface area contributed by atoms with Crippen molar-refractivity contribution in [2.45, 2.75) is 52.0 Å². The third kappa shape index (κ3) is 4.96. The second-order valence-corrected chi connectivity index (χ2v) is 7.80. The number of aromatic nitrogens is 2. The maximum atomic E-state index is 13.7. The highest BCUT2D eigenvalue weighted by Gasteiger charge is 2.29. The molecule has 0 spiro atoms. The van der Waals surface area contributed by atoms with Crippen LogP contribution in [0.15, 0.2) is 40.9 Å². The molecule has 1 aliphatic carbocycles. The Kier molecular flexibility index (Phi) is 6.70. The maximum absolute atomic E-state index is 13.7. The molecular weight excluding hydrogens is 383 g/mol. The van der Waals surface area contributed by atoms with Gasteiger partial charge >= 0.3 is 0 Å². The molecule has 1 aromatic heterocycles. The van der Waals surface area contributed by atoms with Gasteiger partial charge in [0, 0.05) is 18.5 Å². The van der Waals surface area contributed by atoms with Crippen LogP contribution in [0.2, 0.25) is 0 Å². The zero-order valence-corrected chi connectivity index (χ0v) is 18.2. The number of hydrogen-bond acceptors (Lipinski definition) is 4. The maximum Gasteiger partial charge on any atom is 0.270 e. The van der Waals surface area contributed by atoms with E-state index in [-0.39, 0.29) is 11.7 Å². The summed E-state index contributed by atoms with van der Waals surface area (Å²) in [5, 5.41) is 7.47. The predicted molar refractivity (Wildman–Crippen MR) is 116 cm³/mol. The molecule has 1 aromatic carbocycles. The van der Waals surface area contributed by atoms with Crippen LogP contribution in [0.4, 0.5) is 4.39 Å². The number of rotatable bonds is 7. The third-order valence-electron chi connectivity index (χ3n) is 5.14. The Labute approximate surface area is 176 Å². The minimum absolute atomic E-state index is 0.224. The number of nitrogens with zero attached hydrogens (tertiary/aromatic N) is 3. The number of aliphatic imine (C=N–C) groups is 1. The van der Waals surface area contributed by atoms with Crippen molar-refractivity contribution in [2.24, 2.45) is 12.0 Å². The van der Waals surface area contributed by atoms with Crippen molar-refractivity contribution >= 4 is 17.5 Å². The summed E-state index contributed by atoms with van der Waals surface area (Å²) in [6.07, 6.45) is 2.84. The highest BCUT2D eigenvalue weighted by molar-refractivity contribution is 5.97. The first kappa shape index (κ1) is 21.7. The molecule has 6 nitrogen and oxygen atoms in total. The van der Waals surface area contributed by atoms with Crippen LogP contribution in [0.3, 0.4) is 0 Å². The highest BCUT2D eigenvalue weighted by Crippen LogP contribution is 2.39. The SMILES string of the molecule is CCC(NC(=O)c1cc(C2CC2)nn1C)C(=NC(=C(C)C)c1cccc(F)c1)OC. The molecule has 0 saturated heterocycles. The third-order valence-corrected chi connectivity index (χ3v) is 5.14. The molecule has 1 unspecified atom stereocenters. The van der Waals surface area contributed by atoms with Gasteiger partial charge in [-0.2, -0.15) is 5.10 Å². The van der Waals surface area contributed by atoms with E-state index in [0.29, 0.717) is 35.2 Å². The Hall–Kier alpha value is -2.96. The van der Waals surface area contributed by atoms with Crippen molar-refractivity contribution in [3.63, 3.8) is 0 Å². The normalized spacial score (nSPS) is 14.9. The molecule has 1 aliphatic rings. The number of ether oxygens (including phenoxy) is 1. The number of halogens is 1. The van der Waals surface area contributed by atoms with Crippen LogP contribution in [-0.2, 0) is 11.8 Å². The zero-order chi connectivity index (χ0) is 21.8. The first-order valence-corrected chi connectivity index (χ1v) is 10.2. The van der Waals surface area contributed by atoms with Gasteiger partial charge in [-0.25, -0.2) is 9.38 Å². The average molecular weight is 413 g/mol. The number of amides is 1. The van der Waals surface area contributed by atoms with E-state index in [1.807, 2.05) is 26.8 Å². The van der Waals surface area contributed by atoms with E-state index in [0.717, 1.165) is 24.1 Å². The molecular formula is C23H29FN4O2. The van der Waals surface area contributed by atoms with Crippen LogP contribution in [-0.4, -0.2) is 34.7 Å². The molecule has 1 N–H and O–H groups in total. The van der Waals surface area contributed by atoms with Crippen molar-refractivity contribution in [1.29, 1.82) is 0 Å². The van der Waals surface area contributed by atoms with Crippen LogP contribution < -0.4 is 5.32 Å². The van der Waals surface area contributed by atoms with Gasteiger partial charge in [-0.15, -0.1) is 0 Å². The number of carbonyl (C=O) groups excluding carboxylic acids is 1. The molecule has 1 heterocycles. The van der Waals surface area contributed by atoms with Gasteiger partial charge in [0.2, 0.25) is 5.90 Å². The number of nitrogens with one attached hydrogen (secondary N) is 1. The largest absolute Gasteiger partial charge is 0.483 e. The zero-order valence-electron chi connectivity index (χ0n) is 18.2. The highest BCUT2D eigenvalue weighted by atomic mass is 19.1. The van der Waals surface area contributed by atoms with Crippen molar-refractivity contribution in [3.05, 3.63) is 58.7 Å². The second kappa shape index (κ2) is 9.24. The number of carbonyl (C=O) groups is 1. The topological polar surface area (TPSA) is 68.5 Å². The summed E-state index contributed by atoms with van der Waals surface area (Å²) in [5.41, 5.74) is 3.67. The van der Waals surface area contributed by atoms with Crippen molar-refractivity contribution in [1.82, 2.24) is 15.1 Å². The lowest BCUT2D eigenvalue weighted by atomic mass is 10.1. The Bertz CT molecular complexity index is 985. The monoisotopic (exact) mass is 412 g/mol. The minimum atomic E-state index is -0.426. The quantitative estimate of drug-likeness (QED) is 0.540. The lowest BCUT2D eigenvalue weighted by molar-refractivity contribution is 0.0933. The molecule has 1 saturated carbocycles. The summed E-state index contributed by atoms with van der Waals surface area (Å²) in [6, 6.07) is 7.72. The molecule has 0 bridgehead atoms. The smallest absolute Gasteiger partial charge is 0.270 e. The molecule has 160 valence electrons. The fraction of sp³-hybridized carbons (Fsp3) is 0.435. The van der Waals surface area contributed by atoms with Gasteiger partial charge in [0.25, 0.3) is 5.91 Å². The molecule has 1 fully saturated rings. The average Bonchev–Trinajstić information content (AvgIpc) is 3.49. The molecule has 0 radical (unpaired) electrons. The van der Waals surface area contributed by atoms with E-state index in [1.54, 1.807) is 23.9 Å². The molecule has 1 atom stereocenters. The van der Waals surface area contributed by atoms with Gasteiger partial charge in [0.1, 0.15) is 17.6 Å². The first-order chi connectivity index (χ1) is 14.3. The lowest BCUT2D eigenvalue weighted by Crippen LogP contribution is -2.41. The summed E-state index contributed by atoms with van der Waals surface area (Å²) in [6.45, 7) is 5.76. The Morgan fingerprint density at radius 3 is 2.67 bits per heavy atom. The Morgan fingerprint density at radius 2 is 2.10 bits per heavy atom. The lowest BCUT2D eigenvalue weighted by Gasteiger charge is -2.19. The molecule has 1 amide bonds. The molecule has 7 heteroatoms. The van der Waals surface area contributed by atoms with Crippen molar-refractivity contribution < 1.29 is 13.9 Å². The van der Waals surface area contributed by atoms with Gasteiger partial charge in [0.05, 0.1) is 18.5 Å². The van der Waals surface area contributed by atoms with Crippen LogP contribution in [0, 0.1) is 5.82 Å². The summed E-state index contributed by atoms with van der Waals surface area (Å²) < 4.78 is 20.9. The van der Waals surface area contributed by atoms with Crippen LogP contribution in [0.25, 0.3) is 5.70 Å². The molecule has 30 heavy (non-hydrogen) atoms. The van der Waals surface area contributed by atoms with E-state index >= 15 is 0 Å². The van der Waals surface area contributed by atoms with E-state index in [9.17, 15) is 9.18 Å². The number of aryl methyl sites for hydroxylation is 1. The van der Waals surface area contributed by atoms with E-state index in [4.69, 9.17) is 4.74 Å². The van der Waals surface area contributed by atoms with Crippen LogP contribution >= 0.6 is 0 Å². The predicted octanol–water partition coefficient (Wildman–Crippen LogP) is 4.44. The standard InChI is InChI=1S/C23H29FN4O2/c1-6-18(25-22(29)20-13-19(15-10-11-15)27-28(20)4)23(30-5)26-21(14(2)3)16-8-7-9-17(24)12-16/h7-9,12-13,15,18H,6,10-11H2,1-5H3,(H,25,29). The summed E-state index contributed by atoms with van der Waals surface area (Å²) in [4.78, 5) is 17.6. The second-order valence-electron chi connectivity index (χ2n) is 7.80. The first-order valence-electron chi connectivity index (χ1n) is 10.2. The molecule has 0 aliphatic heterocycles. The number of benzene rings is 1. The fourth-order valence-corrected chi connectivity index (χ4v) is 3.33.